The van der Waals surface area contributed by atoms with Gasteiger partial charge in [0, 0.05) is 10.9 Å². The van der Waals surface area contributed by atoms with E-state index in [9.17, 15) is 17.6 Å². The van der Waals surface area contributed by atoms with Gasteiger partial charge in [0.15, 0.2) is 17.5 Å². The lowest BCUT2D eigenvalue weighted by atomic mass is 10.0. The van der Waals surface area contributed by atoms with E-state index in [0.717, 1.165) is 6.07 Å². The van der Waals surface area contributed by atoms with E-state index in [1.165, 1.54) is 24.3 Å². The molecule has 3 rings (SSSR count). The van der Waals surface area contributed by atoms with E-state index in [2.05, 4.69) is 0 Å². The molecule has 0 N–H and O–H groups in total. The molecule has 0 heterocycles. The molecule has 0 aliphatic heterocycles. The van der Waals surface area contributed by atoms with Crippen molar-refractivity contribution in [1.82, 2.24) is 0 Å². The SMILES string of the molecule is Fc1ccccc1-c1ccc2c(F)c(F)c(F)cc2c1. The molecule has 0 aliphatic rings. The Morgan fingerprint density at radius 1 is 0.650 bits per heavy atom. The van der Waals surface area contributed by atoms with E-state index < -0.39 is 23.3 Å². The quantitative estimate of drug-likeness (QED) is 0.430. The lowest BCUT2D eigenvalue weighted by Gasteiger charge is -2.07. The van der Waals surface area contributed by atoms with Crippen molar-refractivity contribution in [3.05, 3.63) is 71.8 Å². The van der Waals surface area contributed by atoms with Gasteiger partial charge in [-0.3, -0.25) is 0 Å². The number of fused-ring (bicyclic) bond motifs is 1. The first-order valence-corrected chi connectivity index (χ1v) is 5.90. The van der Waals surface area contributed by atoms with Gasteiger partial charge in [0.05, 0.1) is 0 Å². The van der Waals surface area contributed by atoms with Gasteiger partial charge in [0.2, 0.25) is 0 Å². The molecular formula is C16H8F4. The van der Waals surface area contributed by atoms with Gasteiger partial charge in [-0.1, -0.05) is 30.3 Å². The third-order valence-electron chi connectivity index (χ3n) is 3.16. The molecule has 0 saturated carbocycles. The summed E-state index contributed by atoms with van der Waals surface area (Å²) >= 11 is 0. The van der Waals surface area contributed by atoms with E-state index in [-0.39, 0.29) is 10.8 Å². The summed E-state index contributed by atoms with van der Waals surface area (Å²) in [6.45, 7) is 0. The molecule has 0 saturated heterocycles. The average Bonchev–Trinajstić information content (AvgIpc) is 2.45. The van der Waals surface area contributed by atoms with Crippen molar-refractivity contribution in [1.29, 1.82) is 0 Å². The van der Waals surface area contributed by atoms with Crippen LogP contribution >= 0.6 is 0 Å². The standard InChI is InChI=1S/C16H8F4/c17-13-4-2-1-3-11(13)9-5-6-12-10(7-9)8-14(18)16(20)15(12)19/h1-8H. The summed E-state index contributed by atoms with van der Waals surface area (Å²) in [5, 5.41) is 0.145. The van der Waals surface area contributed by atoms with Crippen molar-refractivity contribution in [3.8, 4) is 11.1 Å². The Kier molecular flexibility index (Phi) is 2.93. The highest BCUT2D eigenvalue weighted by Gasteiger charge is 2.14. The van der Waals surface area contributed by atoms with Gasteiger partial charge in [0.1, 0.15) is 5.82 Å². The van der Waals surface area contributed by atoms with Crippen molar-refractivity contribution in [2.24, 2.45) is 0 Å². The van der Waals surface area contributed by atoms with Gasteiger partial charge in [-0.05, 0) is 29.1 Å². The zero-order valence-electron chi connectivity index (χ0n) is 10.1. The van der Waals surface area contributed by atoms with E-state index in [1.807, 2.05) is 0 Å². The Hall–Kier alpha value is -2.36. The van der Waals surface area contributed by atoms with E-state index in [1.54, 1.807) is 18.2 Å². The molecule has 20 heavy (non-hydrogen) atoms. The monoisotopic (exact) mass is 276 g/mol. The van der Waals surface area contributed by atoms with E-state index in [4.69, 9.17) is 0 Å². The molecule has 4 heteroatoms. The third kappa shape index (κ3) is 1.93. The zero-order valence-corrected chi connectivity index (χ0v) is 10.1. The molecule has 0 aliphatic carbocycles. The third-order valence-corrected chi connectivity index (χ3v) is 3.16. The highest BCUT2D eigenvalue weighted by Crippen LogP contribution is 2.29. The van der Waals surface area contributed by atoms with Crippen LogP contribution in [0.4, 0.5) is 17.6 Å². The summed E-state index contributed by atoms with van der Waals surface area (Å²) in [7, 11) is 0. The van der Waals surface area contributed by atoms with Crippen LogP contribution in [0.3, 0.4) is 0 Å². The lowest BCUT2D eigenvalue weighted by Crippen LogP contribution is -1.93. The second-order valence-electron chi connectivity index (χ2n) is 4.40. The number of hydrogen-bond donors (Lipinski definition) is 0. The average molecular weight is 276 g/mol. The highest BCUT2D eigenvalue weighted by molar-refractivity contribution is 5.88. The number of rotatable bonds is 1. The molecule has 0 bridgehead atoms. The van der Waals surface area contributed by atoms with Gasteiger partial charge in [-0.25, -0.2) is 17.6 Å². The fourth-order valence-corrected chi connectivity index (χ4v) is 2.17. The molecule has 0 radical (unpaired) electrons. The minimum Gasteiger partial charge on any atom is -0.206 e. The van der Waals surface area contributed by atoms with Gasteiger partial charge in [-0.15, -0.1) is 0 Å². The topological polar surface area (TPSA) is 0 Å². The Morgan fingerprint density at radius 2 is 1.40 bits per heavy atom. The first-order valence-electron chi connectivity index (χ1n) is 5.90. The zero-order chi connectivity index (χ0) is 14.3. The van der Waals surface area contributed by atoms with Crippen LogP contribution in [0.2, 0.25) is 0 Å². The van der Waals surface area contributed by atoms with E-state index in [0.29, 0.717) is 11.1 Å². The number of benzene rings is 3. The van der Waals surface area contributed by atoms with Crippen molar-refractivity contribution < 1.29 is 17.6 Å². The second-order valence-corrected chi connectivity index (χ2v) is 4.40. The molecule has 0 aromatic heterocycles. The van der Waals surface area contributed by atoms with Gasteiger partial charge in [0.25, 0.3) is 0 Å². The molecule has 0 fully saturated rings. The predicted octanol–water partition coefficient (Wildman–Crippen LogP) is 5.06. The summed E-state index contributed by atoms with van der Waals surface area (Å²) in [4.78, 5) is 0. The summed E-state index contributed by atoms with van der Waals surface area (Å²) in [6, 6.07) is 11.2. The molecule has 0 nitrogen and oxygen atoms in total. The van der Waals surface area contributed by atoms with Crippen LogP contribution in [0.25, 0.3) is 21.9 Å². The molecule has 0 atom stereocenters. The number of halogens is 4. The van der Waals surface area contributed by atoms with Crippen LogP contribution in [0.15, 0.2) is 48.5 Å². The Bertz CT molecular complexity index is 809. The molecule has 0 spiro atoms. The maximum atomic E-state index is 13.7. The minimum atomic E-state index is -1.50. The highest BCUT2D eigenvalue weighted by atomic mass is 19.2. The summed E-state index contributed by atoms with van der Waals surface area (Å²) in [6.07, 6.45) is 0. The minimum absolute atomic E-state index is 0.0380. The Balaban J connectivity index is 2.27. The lowest BCUT2D eigenvalue weighted by molar-refractivity contribution is 0.453. The van der Waals surface area contributed by atoms with Crippen molar-refractivity contribution in [3.63, 3.8) is 0 Å². The Labute approximate surface area is 112 Å². The molecule has 0 amide bonds. The summed E-state index contributed by atoms with van der Waals surface area (Å²) in [5.41, 5.74) is 0.792. The number of hydrogen-bond acceptors (Lipinski definition) is 0. The molecular weight excluding hydrogens is 268 g/mol. The van der Waals surface area contributed by atoms with Crippen LogP contribution in [0, 0.1) is 23.3 Å². The molecule has 3 aromatic rings. The maximum absolute atomic E-state index is 13.7. The molecule has 0 unspecified atom stereocenters. The fourth-order valence-electron chi connectivity index (χ4n) is 2.17. The van der Waals surface area contributed by atoms with Crippen molar-refractivity contribution >= 4 is 10.8 Å². The molecule has 3 aromatic carbocycles. The van der Waals surface area contributed by atoms with Gasteiger partial charge in [-0.2, -0.15) is 0 Å². The van der Waals surface area contributed by atoms with Crippen LogP contribution < -0.4 is 0 Å². The largest absolute Gasteiger partial charge is 0.206 e. The fraction of sp³-hybridized carbons (Fsp3) is 0. The van der Waals surface area contributed by atoms with Crippen LogP contribution in [0.1, 0.15) is 0 Å². The van der Waals surface area contributed by atoms with Gasteiger partial charge < -0.3 is 0 Å². The van der Waals surface area contributed by atoms with Crippen molar-refractivity contribution in [2.45, 2.75) is 0 Å². The predicted molar refractivity (Wildman–Crippen MR) is 69.2 cm³/mol. The van der Waals surface area contributed by atoms with Crippen LogP contribution in [-0.4, -0.2) is 0 Å². The summed E-state index contributed by atoms with van der Waals surface area (Å²) < 4.78 is 53.6. The van der Waals surface area contributed by atoms with Crippen LogP contribution in [0.5, 0.6) is 0 Å². The van der Waals surface area contributed by atoms with E-state index >= 15 is 0 Å². The Morgan fingerprint density at radius 3 is 2.15 bits per heavy atom. The van der Waals surface area contributed by atoms with Crippen LogP contribution in [-0.2, 0) is 0 Å². The second kappa shape index (κ2) is 4.63. The maximum Gasteiger partial charge on any atom is 0.195 e. The smallest absolute Gasteiger partial charge is 0.195 e. The normalized spacial score (nSPS) is 11.0. The summed E-state index contributed by atoms with van der Waals surface area (Å²) in [5.74, 6) is -4.44. The molecule has 100 valence electrons. The van der Waals surface area contributed by atoms with Gasteiger partial charge >= 0.3 is 0 Å². The first kappa shape index (κ1) is 12.7. The first-order chi connectivity index (χ1) is 9.58. The van der Waals surface area contributed by atoms with Crippen molar-refractivity contribution in [2.75, 3.05) is 0 Å².